The smallest absolute Gasteiger partial charge is 0.123 e. The fourth-order valence-electron chi connectivity index (χ4n) is 1.98. The van der Waals surface area contributed by atoms with E-state index < -0.39 is 0 Å². The van der Waals surface area contributed by atoms with E-state index in [0.29, 0.717) is 13.2 Å². The minimum atomic E-state index is 0.400. The number of hydrogen-bond acceptors (Lipinski definition) is 3. The molecule has 2 N–H and O–H groups in total. The van der Waals surface area contributed by atoms with Crippen LogP contribution in [0.25, 0.3) is 0 Å². The monoisotopic (exact) mass is 245 g/mol. The number of benzene rings is 1. The normalized spacial score (nSPS) is 10.7. The maximum Gasteiger partial charge on any atom is 0.123 e. The van der Waals surface area contributed by atoms with Gasteiger partial charge < -0.3 is 14.9 Å². The van der Waals surface area contributed by atoms with E-state index in [1.54, 1.807) is 6.26 Å². The largest absolute Gasteiger partial charge is 0.488 e. The minimum absolute atomic E-state index is 0.400. The molecule has 0 aliphatic heterocycles. The van der Waals surface area contributed by atoms with Crippen LogP contribution in [-0.2, 0) is 13.2 Å². The zero-order chi connectivity index (χ0) is 13.1. The predicted octanol–water partition coefficient (Wildman–Crippen LogP) is 3.24. The molecule has 0 aliphatic rings. The number of aryl methyl sites for hydroxylation is 2. The summed E-state index contributed by atoms with van der Waals surface area (Å²) in [5, 5.41) is 0. The first-order valence-electron chi connectivity index (χ1n) is 6.07. The van der Waals surface area contributed by atoms with Crippen LogP contribution in [-0.4, -0.2) is 0 Å². The molecule has 0 saturated carbocycles. The number of hydrogen-bond donors (Lipinski definition) is 1. The van der Waals surface area contributed by atoms with Crippen molar-refractivity contribution in [3.8, 4) is 5.75 Å². The van der Waals surface area contributed by atoms with Gasteiger partial charge in [0.05, 0.1) is 12.8 Å². The number of rotatable bonds is 4. The van der Waals surface area contributed by atoms with Crippen LogP contribution < -0.4 is 10.5 Å². The van der Waals surface area contributed by atoms with Gasteiger partial charge in [-0.15, -0.1) is 0 Å². The highest BCUT2D eigenvalue weighted by atomic mass is 16.5. The fraction of sp³-hybridized carbons (Fsp3) is 0.333. The van der Waals surface area contributed by atoms with Gasteiger partial charge in [0.2, 0.25) is 0 Å². The van der Waals surface area contributed by atoms with Crippen LogP contribution in [0, 0.1) is 20.8 Å². The van der Waals surface area contributed by atoms with Gasteiger partial charge in [0.25, 0.3) is 0 Å². The number of nitrogens with two attached hydrogens (primary N) is 1. The molecule has 0 fully saturated rings. The van der Waals surface area contributed by atoms with Gasteiger partial charge in [-0.3, -0.25) is 0 Å². The second kappa shape index (κ2) is 5.27. The topological polar surface area (TPSA) is 48.4 Å². The summed E-state index contributed by atoms with van der Waals surface area (Å²) in [6.07, 6.45) is 1.65. The minimum Gasteiger partial charge on any atom is -0.488 e. The van der Waals surface area contributed by atoms with Crippen LogP contribution in [0.2, 0.25) is 0 Å². The molecule has 3 nitrogen and oxygen atoms in total. The van der Waals surface area contributed by atoms with Crippen molar-refractivity contribution < 1.29 is 9.15 Å². The quantitative estimate of drug-likeness (QED) is 0.899. The van der Waals surface area contributed by atoms with Gasteiger partial charge in [-0.25, -0.2) is 0 Å². The highest BCUT2D eigenvalue weighted by molar-refractivity contribution is 5.42. The van der Waals surface area contributed by atoms with Gasteiger partial charge in [0.15, 0.2) is 0 Å². The maximum absolute atomic E-state index is 5.87. The molecule has 0 spiro atoms. The highest BCUT2D eigenvalue weighted by Gasteiger charge is 2.08. The summed E-state index contributed by atoms with van der Waals surface area (Å²) in [5.74, 6) is 1.72. The molecule has 0 aliphatic carbocycles. The summed E-state index contributed by atoms with van der Waals surface area (Å²) in [4.78, 5) is 0. The lowest BCUT2D eigenvalue weighted by molar-refractivity contribution is 0.299. The molecule has 18 heavy (non-hydrogen) atoms. The Morgan fingerprint density at radius 2 is 2.00 bits per heavy atom. The van der Waals surface area contributed by atoms with E-state index in [-0.39, 0.29) is 0 Å². The summed E-state index contributed by atoms with van der Waals surface area (Å²) in [5.41, 5.74) is 10.2. The molecule has 0 unspecified atom stereocenters. The molecular weight excluding hydrogens is 226 g/mol. The fourth-order valence-corrected chi connectivity index (χ4v) is 1.98. The molecule has 0 saturated heterocycles. The van der Waals surface area contributed by atoms with E-state index in [4.69, 9.17) is 14.9 Å². The summed E-state index contributed by atoms with van der Waals surface area (Å²) in [6.45, 7) is 7.13. The Balaban J connectivity index is 2.16. The van der Waals surface area contributed by atoms with Crippen molar-refractivity contribution in [2.75, 3.05) is 0 Å². The molecule has 1 aromatic carbocycles. The van der Waals surface area contributed by atoms with Crippen LogP contribution in [0.15, 0.2) is 28.9 Å². The predicted molar refractivity (Wildman–Crippen MR) is 71.6 cm³/mol. The first-order valence-corrected chi connectivity index (χ1v) is 6.07. The Kier molecular flexibility index (Phi) is 3.72. The zero-order valence-corrected chi connectivity index (χ0v) is 11.1. The van der Waals surface area contributed by atoms with Crippen LogP contribution in [0.4, 0.5) is 0 Å². The molecule has 2 rings (SSSR count). The second-order valence-corrected chi connectivity index (χ2v) is 4.57. The first-order chi connectivity index (χ1) is 8.61. The Labute approximate surface area is 108 Å². The van der Waals surface area contributed by atoms with Gasteiger partial charge in [-0.2, -0.15) is 0 Å². The Morgan fingerprint density at radius 3 is 2.72 bits per heavy atom. The van der Waals surface area contributed by atoms with Crippen molar-refractivity contribution >= 4 is 0 Å². The summed E-state index contributed by atoms with van der Waals surface area (Å²) < 4.78 is 11.1. The van der Waals surface area contributed by atoms with Crippen LogP contribution in [0.3, 0.4) is 0 Å². The molecule has 1 heterocycles. The lowest BCUT2D eigenvalue weighted by Gasteiger charge is -2.12. The van der Waals surface area contributed by atoms with Crippen LogP contribution in [0.5, 0.6) is 5.75 Å². The molecule has 0 radical (unpaired) electrons. The third kappa shape index (κ3) is 2.57. The van der Waals surface area contributed by atoms with Gasteiger partial charge >= 0.3 is 0 Å². The van der Waals surface area contributed by atoms with E-state index in [0.717, 1.165) is 17.1 Å². The molecule has 1 aromatic heterocycles. The number of furan rings is 1. The summed E-state index contributed by atoms with van der Waals surface area (Å²) in [7, 11) is 0. The van der Waals surface area contributed by atoms with E-state index in [2.05, 4.69) is 32.9 Å². The van der Waals surface area contributed by atoms with Crippen molar-refractivity contribution in [3.05, 3.63) is 52.5 Å². The van der Waals surface area contributed by atoms with E-state index in [9.17, 15) is 0 Å². The van der Waals surface area contributed by atoms with Gasteiger partial charge in [-0.05, 0) is 49.6 Å². The van der Waals surface area contributed by atoms with E-state index in [1.807, 2.05) is 6.07 Å². The Bertz CT molecular complexity index is 543. The number of ether oxygens (including phenoxy) is 1. The average molecular weight is 245 g/mol. The zero-order valence-electron chi connectivity index (χ0n) is 11.1. The lowest BCUT2D eigenvalue weighted by atomic mass is 10.1. The first kappa shape index (κ1) is 12.7. The van der Waals surface area contributed by atoms with E-state index in [1.165, 1.54) is 16.7 Å². The lowest BCUT2D eigenvalue weighted by Crippen LogP contribution is -2.03. The van der Waals surface area contributed by atoms with E-state index >= 15 is 0 Å². The molecule has 3 heteroatoms. The standard InChI is InChI=1S/C15H19NO2/c1-10-6-11(2)12(3)14(7-10)18-9-13-4-5-17-15(13)8-16/h4-7H,8-9,16H2,1-3H3. The third-order valence-corrected chi connectivity index (χ3v) is 3.17. The average Bonchev–Trinajstić information content (AvgIpc) is 2.79. The van der Waals surface area contributed by atoms with Crippen LogP contribution >= 0.6 is 0 Å². The van der Waals surface area contributed by atoms with Crippen molar-refractivity contribution in [2.45, 2.75) is 33.9 Å². The van der Waals surface area contributed by atoms with Gasteiger partial charge in [0, 0.05) is 5.56 Å². The molecule has 96 valence electrons. The summed E-state index contributed by atoms with van der Waals surface area (Å²) in [6, 6.07) is 6.12. The molecule has 0 bridgehead atoms. The molecule has 0 amide bonds. The van der Waals surface area contributed by atoms with Gasteiger partial charge in [0.1, 0.15) is 18.1 Å². The van der Waals surface area contributed by atoms with Gasteiger partial charge in [-0.1, -0.05) is 6.07 Å². The van der Waals surface area contributed by atoms with Crippen molar-refractivity contribution in [1.82, 2.24) is 0 Å². The van der Waals surface area contributed by atoms with Crippen molar-refractivity contribution in [1.29, 1.82) is 0 Å². The molecule has 0 atom stereocenters. The Hall–Kier alpha value is -1.74. The molecular formula is C15H19NO2. The second-order valence-electron chi connectivity index (χ2n) is 4.57. The highest BCUT2D eigenvalue weighted by Crippen LogP contribution is 2.24. The van der Waals surface area contributed by atoms with Crippen LogP contribution in [0.1, 0.15) is 28.0 Å². The summed E-state index contributed by atoms with van der Waals surface area (Å²) >= 11 is 0. The third-order valence-electron chi connectivity index (χ3n) is 3.17. The van der Waals surface area contributed by atoms with Crippen molar-refractivity contribution in [2.24, 2.45) is 5.73 Å². The van der Waals surface area contributed by atoms with Crippen molar-refractivity contribution in [3.63, 3.8) is 0 Å². The maximum atomic E-state index is 5.87. The molecule has 2 aromatic rings. The SMILES string of the molecule is Cc1cc(C)c(C)c(OCc2ccoc2CN)c1. The Morgan fingerprint density at radius 1 is 1.22 bits per heavy atom.